The molecule has 0 heterocycles. The quantitative estimate of drug-likeness (QED) is 0.171. The second-order valence-corrected chi connectivity index (χ2v) is 20.9. The van der Waals surface area contributed by atoms with Gasteiger partial charge in [0.15, 0.2) is 0 Å². The largest absolute Gasteiger partial charge is 0.310 e. The lowest BCUT2D eigenvalue weighted by Crippen LogP contribution is -2.26. The van der Waals surface area contributed by atoms with Crippen LogP contribution in [-0.4, -0.2) is 0 Å². The summed E-state index contributed by atoms with van der Waals surface area (Å²) in [6.45, 7) is 0. The molecule has 0 aliphatic heterocycles. The highest BCUT2D eigenvalue weighted by atomic mass is 15.1. The first-order valence-electron chi connectivity index (χ1n) is 26.3. The lowest BCUT2D eigenvalue weighted by atomic mass is 9.70. The van der Waals surface area contributed by atoms with E-state index in [4.69, 9.17) is 0 Å². The molecule has 1 nitrogen and oxygen atoms in total. The van der Waals surface area contributed by atoms with E-state index in [0.717, 1.165) is 17.1 Å². The number of hydrogen-bond acceptors (Lipinski definition) is 1. The third-order valence-corrected chi connectivity index (χ3v) is 17.7. The van der Waals surface area contributed by atoms with Crippen molar-refractivity contribution in [3.8, 4) is 89.0 Å². The third kappa shape index (κ3) is 5.17. The Morgan fingerprint density at radius 3 is 0.653 bits per heavy atom. The zero-order valence-corrected chi connectivity index (χ0v) is 40.9. The van der Waals surface area contributed by atoms with Gasteiger partial charge in [-0.05, 0) is 170 Å². The van der Waals surface area contributed by atoms with E-state index in [1.54, 1.807) is 0 Å². The molecule has 75 heavy (non-hydrogen) atoms. The summed E-state index contributed by atoms with van der Waals surface area (Å²) < 4.78 is 0. The highest BCUT2D eigenvalue weighted by molar-refractivity contribution is 6.05. The molecular weight excluding hydrogens is 903 g/mol. The standard InChI is InChI=1S/C74H45N/c1-2-20-50-49(19-1)51-21-3-4-23-53(51)55-40-37-46(43-64(55)54-24-6-5-22-52(50)54)75(47-38-41-62-60-29-11-17-35-69(60)73(71(62)44-47)65-31-13-7-25-56(65)57-26-8-14-32-66(57)73)48-39-42-63-61-30-12-18-36-70(61)74(72(63)45-48)67-33-15-9-27-58(67)59-28-10-16-34-68(59)74/h1-45H. The van der Waals surface area contributed by atoms with Gasteiger partial charge >= 0.3 is 0 Å². The zero-order chi connectivity index (χ0) is 49.0. The van der Waals surface area contributed by atoms with Crippen LogP contribution >= 0.6 is 0 Å². The van der Waals surface area contributed by atoms with Crippen LogP contribution in [0, 0.1) is 0 Å². The molecular formula is C74H45N. The molecule has 17 rings (SSSR count). The maximum Gasteiger partial charge on any atom is 0.0726 e. The molecule has 0 saturated heterocycles. The minimum Gasteiger partial charge on any atom is -0.310 e. The van der Waals surface area contributed by atoms with Crippen LogP contribution < -0.4 is 4.90 Å². The van der Waals surface area contributed by atoms with E-state index >= 15 is 0 Å². The van der Waals surface area contributed by atoms with Crippen LogP contribution in [0.2, 0.25) is 0 Å². The van der Waals surface area contributed by atoms with Crippen molar-refractivity contribution in [2.24, 2.45) is 0 Å². The predicted molar refractivity (Wildman–Crippen MR) is 309 cm³/mol. The highest BCUT2D eigenvalue weighted by Gasteiger charge is 2.53. The van der Waals surface area contributed by atoms with Crippen molar-refractivity contribution in [2.75, 3.05) is 4.90 Å². The molecule has 0 radical (unpaired) electrons. The molecule has 0 N–H and O–H groups in total. The second kappa shape index (κ2) is 15.0. The van der Waals surface area contributed by atoms with Crippen molar-refractivity contribution in [1.29, 1.82) is 0 Å². The molecule has 0 amide bonds. The normalized spacial score (nSPS) is 14.1. The van der Waals surface area contributed by atoms with E-state index in [1.165, 1.54) is 134 Å². The van der Waals surface area contributed by atoms with E-state index in [9.17, 15) is 0 Å². The fourth-order valence-electron chi connectivity index (χ4n) is 14.9. The van der Waals surface area contributed by atoms with Crippen molar-refractivity contribution >= 4 is 17.1 Å². The lowest BCUT2D eigenvalue weighted by molar-refractivity contribution is 0.792. The Morgan fingerprint density at radius 2 is 0.360 bits per heavy atom. The summed E-state index contributed by atoms with van der Waals surface area (Å²) in [5, 5.41) is 0. The molecule has 2 spiro atoms. The Hall–Kier alpha value is -9.56. The number of benzene rings is 12. The average Bonchev–Trinajstić information content (AvgIpc) is 4.35. The first kappa shape index (κ1) is 41.0. The summed E-state index contributed by atoms with van der Waals surface area (Å²) in [5.74, 6) is 0. The van der Waals surface area contributed by atoms with Gasteiger partial charge in [-0.2, -0.15) is 0 Å². The van der Waals surface area contributed by atoms with Gasteiger partial charge < -0.3 is 4.90 Å². The molecule has 0 bridgehead atoms. The molecule has 346 valence electrons. The molecule has 0 aromatic heterocycles. The molecule has 0 atom stereocenters. The molecule has 12 aromatic rings. The monoisotopic (exact) mass is 947 g/mol. The molecule has 1 heteroatoms. The minimum atomic E-state index is -0.496. The number of rotatable bonds is 3. The second-order valence-electron chi connectivity index (χ2n) is 20.9. The van der Waals surface area contributed by atoms with Crippen molar-refractivity contribution < 1.29 is 0 Å². The van der Waals surface area contributed by atoms with Crippen molar-refractivity contribution in [3.05, 3.63) is 317 Å². The number of anilines is 3. The summed E-state index contributed by atoms with van der Waals surface area (Å²) in [6.07, 6.45) is 0. The summed E-state index contributed by atoms with van der Waals surface area (Å²) in [5.41, 5.74) is 33.3. The predicted octanol–water partition coefficient (Wildman–Crippen LogP) is 18.8. The highest BCUT2D eigenvalue weighted by Crippen LogP contribution is 2.66. The van der Waals surface area contributed by atoms with Gasteiger partial charge in [0, 0.05) is 17.1 Å². The fraction of sp³-hybridized carbons (Fsp3) is 0.0270. The maximum absolute atomic E-state index is 2.56. The minimum absolute atomic E-state index is 0.496. The van der Waals surface area contributed by atoms with E-state index < -0.39 is 10.8 Å². The Morgan fingerprint density at radius 1 is 0.160 bits per heavy atom. The molecule has 0 unspecified atom stereocenters. The van der Waals surface area contributed by atoms with Gasteiger partial charge in [0.25, 0.3) is 0 Å². The summed E-state index contributed by atoms with van der Waals surface area (Å²) in [6, 6.07) is 104. The summed E-state index contributed by atoms with van der Waals surface area (Å²) in [4.78, 5) is 2.56. The third-order valence-electron chi connectivity index (χ3n) is 17.7. The topological polar surface area (TPSA) is 3.24 Å². The van der Waals surface area contributed by atoms with Gasteiger partial charge in [-0.3, -0.25) is 0 Å². The molecule has 0 saturated carbocycles. The van der Waals surface area contributed by atoms with Crippen LogP contribution in [0.4, 0.5) is 17.1 Å². The van der Waals surface area contributed by atoms with Gasteiger partial charge in [0.1, 0.15) is 0 Å². The lowest BCUT2D eigenvalue weighted by Gasteiger charge is -2.34. The Labute approximate surface area is 437 Å². The van der Waals surface area contributed by atoms with Crippen LogP contribution in [0.15, 0.2) is 273 Å². The first-order valence-corrected chi connectivity index (χ1v) is 26.3. The summed E-state index contributed by atoms with van der Waals surface area (Å²) >= 11 is 0. The van der Waals surface area contributed by atoms with Crippen LogP contribution in [0.3, 0.4) is 0 Å². The van der Waals surface area contributed by atoms with Gasteiger partial charge in [-0.1, -0.05) is 237 Å². The molecule has 12 aromatic carbocycles. The number of fused-ring (bicyclic) bond motifs is 28. The van der Waals surface area contributed by atoms with Gasteiger partial charge in [0.2, 0.25) is 0 Å². The maximum atomic E-state index is 2.56. The SMILES string of the molecule is c1ccc2c(c1)-c1ccccc1-c1ccc(N(c3ccc4c(c3)C3(c5ccccc5-c5ccccc53)c3ccccc3-4)c3ccc4c(c3)C3(c5ccccc5-c5ccccc53)c3ccccc3-4)cc1-c1ccccc1-2. The zero-order valence-electron chi connectivity index (χ0n) is 40.9. The van der Waals surface area contributed by atoms with Gasteiger partial charge in [-0.15, -0.1) is 0 Å². The summed E-state index contributed by atoms with van der Waals surface area (Å²) in [7, 11) is 0. The Kier molecular flexibility index (Phi) is 8.20. The van der Waals surface area contributed by atoms with Gasteiger partial charge in [-0.25, -0.2) is 0 Å². The van der Waals surface area contributed by atoms with E-state index in [-0.39, 0.29) is 0 Å². The van der Waals surface area contributed by atoms with Gasteiger partial charge in [0.05, 0.1) is 10.8 Å². The Bertz CT molecular complexity index is 4130. The van der Waals surface area contributed by atoms with E-state index in [1.807, 2.05) is 0 Å². The van der Waals surface area contributed by atoms with Crippen molar-refractivity contribution in [1.82, 2.24) is 0 Å². The fourth-order valence-corrected chi connectivity index (χ4v) is 14.9. The average molecular weight is 948 g/mol. The molecule has 0 fully saturated rings. The Balaban J connectivity index is 0.963. The van der Waals surface area contributed by atoms with E-state index in [0.29, 0.717) is 0 Å². The first-order chi connectivity index (χ1) is 37.2. The van der Waals surface area contributed by atoms with Crippen molar-refractivity contribution in [3.63, 3.8) is 0 Å². The van der Waals surface area contributed by atoms with Crippen LogP contribution in [0.25, 0.3) is 89.0 Å². The van der Waals surface area contributed by atoms with Crippen LogP contribution in [0.5, 0.6) is 0 Å². The smallest absolute Gasteiger partial charge is 0.0726 e. The molecule has 5 aliphatic rings. The van der Waals surface area contributed by atoms with Crippen LogP contribution in [0.1, 0.15) is 44.5 Å². The van der Waals surface area contributed by atoms with E-state index in [2.05, 4.69) is 278 Å². The van der Waals surface area contributed by atoms with Crippen LogP contribution in [-0.2, 0) is 10.8 Å². The number of hydrogen-bond donors (Lipinski definition) is 0. The number of nitrogens with zero attached hydrogens (tertiary/aromatic N) is 1. The molecule has 5 aliphatic carbocycles. The van der Waals surface area contributed by atoms with Crippen molar-refractivity contribution in [2.45, 2.75) is 10.8 Å².